The molecule has 0 aromatic carbocycles. The number of amides is 6. The van der Waals surface area contributed by atoms with E-state index in [9.17, 15) is 28.8 Å². The standard InChI is InChI=1S/C17H31NO.2C16H29NO.C16H31NO.2C15H27NO/c1-17(2,3)18-16(19)15(11-10-13-8-9-13)12-14-6-4-5-7-14;1-11-9-14(11)10-13(8-7-12-5-6-12)15(18)17-16(2,3)4;1-16(2,3)17-15(18)14(10-9-12-7-8-12)11-13-5-4-6-13;1-15(2,3)11-13(10-9-12-7-8-12)14(18)17-16(4,5)6;1-15(2,3)16-14(17)13(10-12-6-7-12)9-8-11-4-5-11;1-11(2)10-13(9-8-12-6-7-12)14(17)16-15(3,4)5/h13-15H,4-12H2,1-3H3,(H,18,19);11-14H,5-10H2,1-4H3,(H,17,18);12-14H,4-11H2,1-3H3,(H,17,18);12-13H,7-11H2,1-6H3,(H,17,18);11-13H,4-10H2,1-3H3,(H,16,17);12-13H,1,6-10H2,2-5H3,(H,16,17). The van der Waals surface area contributed by atoms with Crippen LogP contribution < -0.4 is 31.9 Å². The summed E-state index contributed by atoms with van der Waals surface area (Å²) in [5, 5.41) is 18.9. The zero-order chi connectivity index (χ0) is 79.9. The van der Waals surface area contributed by atoms with Crippen LogP contribution in [0.25, 0.3) is 0 Å². The second kappa shape index (κ2) is 43.2. The predicted octanol–water partition coefficient (Wildman–Crippen LogP) is 23.3. The van der Waals surface area contributed by atoms with Gasteiger partial charge in [-0.25, -0.2) is 0 Å². The number of nitrogens with one attached hydrogen (secondary N) is 6. The molecule has 0 heterocycles. The van der Waals surface area contributed by atoms with Crippen LogP contribution in [0.2, 0.25) is 0 Å². The highest BCUT2D eigenvalue weighted by atomic mass is 16.2. The van der Waals surface area contributed by atoms with E-state index in [1.165, 1.54) is 180 Å². The molecule has 0 aromatic rings. The van der Waals surface area contributed by atoms with Crippen molar-refractivity contribution in [2.75, 3.05) is 0 Å². The van der Waals surface area contributed by atoms with Gasteiger partial charge in [0.15, 0.2) is 0 Å². The van der Waals surface area contributed by atoms with Crippen molar-refractivity contribution in [2.24, 2.45) is 106 Å². The summed E-state index contributed by atoms with van der Waals surface area (Å²) >= 11 is 0. The third-order valence-corrected chi connectivity index (χ3v) is 23.5. The average molecular weight is 1500 g/mol. The Labute approximate surface area is 660 Å². The van der Waals surface area contributed by atoms with Gasteiger partial charge in [-0.05, 0) is 324 Å². The van der Waals surface area contributed by atoms with Crippen LogP contribution in [0.4, 0.5) is 0 Å². The van der Waals surface area contributed by atoms with E-state index >= 15 is 0 Å². The number of rotatable bonds is 35. The molecule has 10 fully saturated rings. The number of hydrogen-bond donors (Lipinski definition) is 6. The minimum absolute atomic E-state index is 0.0849. The Hall–Kier alpha value is -3.44. The van der Waals surface area contributed by atoms with Crippen molar-refractivity contribution < 1.29 is 28.8 Å². The topological polar surface area (TPSA) is 175 Å². The van der Waals surface area contributed by atoms with Crippen LogP contribution >= 0.6 is 0 Å². The van der Waals surface area contributed by atoms with Crippen molar-refractivity contribution >= 4 is 35.4 Å². The molecule has 10 aliphatic rings. The minimum Gasteiger partial charge on any atom is -0.351 e. The Kier molecular flexibility index (Phi) is 38.0. The highest BCUT2D eigenvalue weighted by molar-refractivity contribution is 5.82. The maximum Gasteiger partial charge on any atom is 0.223 e. The lowest BCUT2D eigenvalue weighted by molar-refractivity contribution is -0.128. The molecule has 0 spiro atoms. The minimum atomic E-state index is -0.135. The van der Waals surface area contributed by atoms with E-state index in [1.807, 2.05) is 27.7 Å². The summed E-state index contributed by atoms with van der Waals surface area (Å²) in [6.07, 6.45) is 50.6. The number of allylic oxidation sites excluding steroid dienone is 1. The van der Waals surface area contributed by atoms with Crippen LogP contribution in [0.15, 0.2) is 12.2 Å². The molecule has 10 saturated carbocycles. The summed E-state index contributed by atoms with van der Waals surface area (Å²) in [6, 6.07) is 0. The molecule has 6 amide bonds. The van der Waals surface area contributed by atoms with Gasteiger partial charge in [-0.1, -0.05) is 168 Å². The molecular weight excluding hydrogens is 1320 g/mol. The molecule has 620 valence electrons. The SMILES string of the molecule is C=C(C)CC(CCC1CC1)C(=O)NC(C)(C)C.CC(C)(C)CC(CCC1CC1)C(=O)NC(C)(C)C.CC(C)(C)NC(=O)C(CCC1CC1)CC1CC1.CC(C)(C)NC(=O)C(CCC1CC1)CC1CCC1.CC(C)(C)NC(=O)C(CCC1CC1)CC1CCCC1.CC1CC1CC(CCC1CC1)C(=O)NC(C)(C)C. The molecule has 0 aliphatic heterocycles. The molecule has 10 aliphatic carbocycles. The lowest BCUT2D eigenvalue weighted by Gasteiger charge is -2.31. The van der Waals surface area contributed by atoms with E-state index < -0.39 is 0 Å². The van der Waals surface area contributed by atoms with Crippen LogP contribution in [-0.2, 0) is 28.8 Å². The molecule has 0 radical (unpaired) electrons. The quantitative estimate of drug-likeness (QED) is 0.0345. The summed E-state index contributed by atoms with van der Waals surface area (Å²) in [4.78, 5) is 74.0. The Morgan fingerprint density at radius 2 is 0.505 bits per heavy atom. The predicted molar refractivity (Wildman–Crippen MR) is 451 cm³/mol. The molecule has 107 heavy (non-hydrogen) atoms. The van der Waals surface area contributed by atoms with Crippen molar-refractivity contribution in [1.29, 1.82) is 0 Å². The van der Waals surface area contributed by atoms with E-state index in [1.54, 1.807) is 0 Å². The van der Waals surface area contributed by atoms with Gasteiger partial charge in [0.05, 0.1) is 0 Å². The van der Waals surface area contributed by atoms with Gasteiger partial charge in [-0.2, -0.15) is 0 Å². The smallest absolute Gasteiger partial charge is 0.223 e. The van der Waals surface area contributed by atoms with Crippen molar-refractivity contribution in [2.45, 2.75) is 449 Å². The first-order valence-electron chi connectivity index (χ1n) is 45.1. The van der Waals surface area contributed by atoms with Crippen molar-refractivity contribution in [3.63, 3.8) is 0 Å². The van der Waals surface area contributed by atoms with Gasteiger partial charge in [0.2, 0.25) is 35.4 Å². The van der Waals surface area contributed by atoms with Crippen molar-refractivity contribution in [3.05, 3.63) is 12.2 Å². The first kappa shape index (κ1) is 94.2. The number of carbonyl (C=O) groups is 6. The Bertz CT molecular complexity index is 2600. The van der Waals surface area contributed by atoms with Crippen LogP contribution in [0, 0.1) is 106 Å². The van der Waals surface area contributed by atoms with Gasteiger partial charge in [0.1, 0.15) is 0 Å². The van der Waals surface area contributed by atoms with Crippen LogP contribution in [-0.4, -0.2) is 68.7 Å². The maximum atomic E-state index is 12.5. The molecule has 12 heteroatoms. The number of carbonyl (C=O) groups excluding carboxylic acids is 6. The number of hydrogen-bond acceptors (Lipinski definition) is 6. The van der Waals surface area contributed by atoms with Crippen LogP contribution in [0.1, 0.15) is 416 Å². The third kappa shape index (κ3) is 48.9. The van der Waals surface area contributed by atoms with E-state index in [-0.39, 0.29) is 86.0 Å². The largest absolute Gasteiger partial charge is 0.351 e. The molecule has 0 saturated heterocycles. The van der Waals surface area contributed by atoms with Gasteiger partial charge in [0.25, 0.3) is 0 Å². The van der Waals surface area contributed by atoms with E-state index in [0.29, 0.717) is 23.6 Å². The molecule has 12 nitrogen and oxygen atoms in total. The van der Waals surface area contributed by atoms with Crippen molar-refractivity contribution in [1.82, 2.24) is 31.9 Å². The second-order valence-electron chi connectivity index (χ2n) is 45.0. The zero-order valence-electron chi connectivity index (χ0n) is 74.3. The first-order valence-corrected chi connectivity index (χ1v) is 45.1. The van der Waals surface area contributed by atoms with Gasteiger partial charge in [0, 0.05) is 68.7 Å². The van der Waals surface area contributed by atoms with Gasteiger partial charge in [-0.3, -0.25) is 28.8 Å². The Balaban J connectivity index is 0.000000230. The van der Waals surface area contributed by atoms with Gasteiger partial charge < -0.3 is 31.9 Å². The van der Waals surface area contributed by atoms with E-state index in [0.717, 1.165) is 148 Å². The first-order chi connectivity index (χ1) is 49.5. The summed E-state index contributed by atoms with van der Waals surface area (Å²) in [6.45, 7) is 52.1. The normalized spacial score (nSPS) is 22.1. The van der Waals surface area contributed by atoms with Crippen molar-refractivity contribution in [3.8, 4) is 0 Å². The fraction of sp³-hybridized carbons (Fsp3) is 0.916. The molecule has 0 aromatic heterocycles. The van der Waals surface area contributed by atoms with Crippen LogP contribution in [0.3, 0.4) is 0 Å². The summed E-state index contributed by atoms with van der Waals surface area (Å²) in [7, 11) is 0. The molecule has 8 unspecified atom stereocenters. The van der Waals surface area contributed by atoms with Gasteiger partial charge >= 0.3 is 0 Å². The highest BCUT2D eigenvalue weighted by Crippen LogP contribution is 2.46. The molecule has 10 rings (SSSR count). The maximum absolute atomic E-state index is 12.5. The average Bonchev–Trinajstić information content (AvgIpc) is 1.53. The van der Waals surface area contributed by atoms with Crippen LogP contribution in [0.5, 0.6) is 0 Å². The fourth-order valence-electron chi connectivity index (χ4n) is 15.8. The molecule has 8 atom stereocenters. The summed E-state index contributed by atoms with van der Waals surface area (Å²) in [5.41, 5.74) is 0.719. The summed E-state index contributed by atoms with van der Waals surface area (Å²) in [5.74, 6) is 12.8. The second-order valence-corrected chi connectivity index (χ2v) is 45.0. The Morgan fingerprint density at radius 3 is 0.710 bits per heavy atom. The molecule has 0 bridgehead atoms. The fourth-order valence-corrected chi connectivity index (χ4v) is 15.8. The molecule has 6 N–H and O–H groups in total. The molecular formula is C95H174N6O6. The van der Waals surface area contributed by atoms with Gasteiger partial charge in [-0.15, -0.1) is 6.58 Å². The Morgan fingerprint density at radius 1 is 0.299 bits per heavy atom. The zero-order valence-corrected chi connectivity index (χ0v) is 74.3. The van der Waals surface area contributed by atoms with E-state index in [4.69, 9.17) is 0 Å². The highest BCUT2D eigenvalue weighted by Gasteiger charge is 2.40. The lowest BCUT2D eigenvalue weighted by Crippen LogP contribution is -2.44. The third-order valence-electron chi connectivity index (χ3n) is 23.5. The van der Waals surface area contributed by atoms with E-state index in [2.05, 4.69) is 170 Å². The summed E-state index contributed by atoms with van der Waals surface area (Å²) < 4.78 is 0. The lowest BCUT2D eigenvalue weighted by atomic mass is 9.77. The monoisotopic (exact) mass is 1500 g/mol.